The molecule has 126 valence electrons. The van der Waals surface area contributed by atoms with Crippen molar-refractivity contribution in [3.8, 4) is 17.1 Å². The Hall–Kier alpha value is -3.47. The van der Waals surface area contributed by atoms with E-state index in [2.05, 4.69) is 39.8 Å². The van der Waals surface area contributed by atoms with Crippen LogP contribution in [0.5, 0.6) is 0 Å². The molecule has 0 saturated carbocycles. The zero-order chi connectivity index (χ0) is 17.7. The predicted molar refractivity (Wildman–Crippen MR) is 98.8 cm³/mol. The van der Waals surface area contributed by atoms with E-state index in [4.69, 9.17) is 4.42 Å². The lowest BCUT2D eigenvalue weighted by Crippen LogP contribution is -2.32. The first-order valence-corrected chi connectivity index (χ1v) is 8.41. The molecule has 0 aliphatic carbocycles. The van der Waals surface area contributed by atoms with Gasteiger partial charge in [0.25, 0.3) is 0 Å². The zero-order valence-electron chi connectivity index (χ0n) is 14.5. The summed E-state index contributed by atoms with van der Waals surface area (Å²) >= 11 is 0. The number of fused-ring (bicyclic) bond motifs is 3. The fourth-order valence-corrected chi connectivity index (χ4v) is 3.45. The molecule has 0 unspecified atom stereocenters. The van der Waals surface area contributed by atoms with Crippen LogP contribution in [0, 0.1) is 13.1 Å². The second-order valence-corrected chi connectivity index (χ2v) is 6.33. The minimum absolute atomic E-state index is 0.653. The van der Waals surface area contributed by atoms with Gasteiger partial charge in [0, 0.05) is 35.1 Å². The zero-order valence-corrected chi connectivity index (χ0v) is 14.5. The summed E-state index contributed by atoms with van der Waals surface area (Å²) in [6, 6.07) is 12.1. The van der Waals surface area contributed by atoms with Crippen LogP contribution in [0.15, 0.2) is 65.6 Å². The van der Waals surface area contributed by atoms with Crippen molar-refractivity contribution in [2.75, 3.05) is 0 Å². The standard InChI is InChI=1S/C21H16N4O/c1-14-7-8-16-17-6-4-10-23-20(17)26-19(16)18(14)21-24(2)11-12-25(21)15-5-3-9-22-13-15/h3-11,13H,1-2H3. The molecule has 4 aromatic heterocycles. The summed E-state index contributed by atoms with van der Waals surface area (Å²) in [7, 11) is 2.01. The summed E-state index contributed by atoms with van der Waals surface area (Å²) in [5.74, 6) is 0.986. The Bertz CT molecular complexity index is 1250. The number of rotatable bonds is 2. The van der Waals surface area contributed by atoms with E-state index in [0.29, 0.717) is 5.71 Å². The van der Waals surface area contributed by atoms with Gasteiger partial charge < -0.3 is 8.98 Å². The Balaban J connectivity index is 1.89. The summed E-state index contributed by atoms with van der Waals surface area (Å²) in [6.45, 7) is 2.09. The summed E-state index contributed by atoms with van der Waals surface area (Å²) in [6.07, 6.45) is 10.6. The van der Waals surface area contributed by atoms with E-state index in [1.54, 1.807) is 12.4 Å². The minimum atomic E-state index is 0.653. The van der Waals surface area contributed by atoms with Crippen LogP contribution in [0.4, 0.5) is 0 Å². The number of aryl methyl sites for hydroxylation is 2. The second-order valence-electron chi connectivity index (χ2n) is 6.33. The van der Waals surface area contributed by atoms with Crippen molar-refractivity contribution in [3.63, 3.8) is 0 Å². The first-order chi connectivity index (χ1) is 12.7. The van der Waals surface area contributed by atoms with E-state index in [0.717, 1.165) is 39.0 Å². The monoisotopic (exact) mass is 340 g/mol. The number of imidazole rings is 1. The van der Waals surface area contributed by atoms with Gasteiger partial charge in [0.05, 0.1) is 25.0 Å². The van der Waals surface area contributed by atoms with Gasteiger partial charge in [0.1, 0.15) is 5.58 Å². The van der Waals surface area contributed by atoms with Crippen LogP contribution in [0.2, 0.25) is 0 Å². The van der Waals surface area contributed by atoms with Gasteiger partial charge in [0.15, 0.2) is 5.82 Å². The summed E-state index contributed by atoms with van der Waals surface area (Å²) in [5.41, 5.74) is 4.61. The Labute approximate surface area is 150 Å². The third-order valence-electron chi connectivity index (χ3n) is 4.68. The van der Waals surface area contributed by atoms with Crippen molar-refractivity contribution in [3.05, 3.63) is 72.9 Å². The van der Waals surface area contributed by atoms with Crippen LogP contribution in [0.25, 0.3) is 39.1 Å². The molecule has 0 aliphatic heterocycles. The minimum Gasteiger partial charge on any atom is -0.438 e. The number of pyridine rings is 2. The van der Waals surface area contributed by atoms with E-state index in [1.807, 2.05) is 48.3 Å². The Morgan fingerprint density at radius 1 is 1.08 bits per heavy atom. The van der Waals surface area contributed by atoms with Gasteiger partial charge >= 0.3 is 0 Å². The van der Waals surface area contributed by atoms with E-state index in [9.17, 15) is 0 Å². The van der Waals surface area contributed by atoms with Crippen LogP contribution in [0.3, 0.4) is 0 Å². The largest absolute Gasteiger partial charge is 0.438 e. The summed E-state index contributed by atoms with van der Waals surface area (Å²) in [5, 5.41) is 2.09. The maximum Gasteiger partial charge on any atom is 0.227 e. The highest BCUT2D eigenvalue weighted by molar-refractivity contribution is 6.08. The van der Waals surface area contributed by atoms with Gasteiger partial charge in [0.2, 0.25) is 5.71 Å². The molecule has 0 saturated heterocycles. The van der Waals surface area contributed by atoms with Crippen LogP contribution >= 0.6 is 0 Å². The molecule has 0 N–H and O–H groups in total. The maximum absolute atomic E-state index is 6.17. The van der Waals surface area contributed by atoms with Crippen molar-refractivity contribution in [2.45, 2.75) is 6.92 Å². The third kappa shape index (κ3) is 2.07. The van der Waals surface area contributed by atoms with Crippen molar-refractivity contribution in [1.29, 1.82) is 0 Å². The molecule has 0 fully saturated rings. The SMILES string of the molecule is Cc1ccc2c(oc3ncccc32)c1-c1n(C)c[c-][n+]1-c1cccnc1. The molecule has 0 bridgehead atoms. The van der Waals surface area contributed by atoms with Gasteiger partial charge in [-0.2, -0.15) is 0 Å². The van der Waals surface area contributed by atoms with E-state index in [-0.39, 0.29) is 0 Å². The fourth-order valence-electron chi connectivity index (χ4n) is 3.45. The van der Waals surface area contributed by atoms with Gasteiger partial charge in [-0.15, -0.1) is 0 Å². The number of benzene rings is 1. The van der Waals surface area contributed by atoms with Crippen LogP contribution < -0.4 is 4.57 Å². The van der Waals surface area contributed by atoms with Crippen molar-refractivity contribution in [2.24, 2.45) is 7.05 Å². The van der Waals surface area contributed by atoms with Gasteiger partial charge in [-0.1, -0.05) is 24.3 Å². The summed E-state index contributed by atoms with van der Waals surface area (Å²) in [4.78, 5) is 8.62. The molecule has 5 rings (SSSR count). The molecule has 1 aromatic carbocycles. The quantitative estimate of drug-likeness (QED) is 0.363. The Kier molecular flexibility index (Phi) is 3.15. The number of hydrogen-bond acceptors (Lipinski definition) is 3. The lowest BCUT2D eigenvalue weighted by molar-refractivity contribution is -0.587. The van der Waals surface area contributed by atoms with Gasteiger partial charge in [-0.3, -0.25) is 9.55 Å². The molecule has 0 aliphatic rings. The number of furan rings is 1. The first-order valence-electron chi connectivity index (χ1n) is 8.41. The molecule has 0 amide bonds. The molecule has 5 aromatic rings. The molecule has 5 nitrogen and oxygen atoms in total. The highest BCUT2D eigenvalue weighted by atomic mass is 16.3. The van der Waals surface area contributed by atoms with Crippen molar-refractivity contribution in [1.82, 2.24) is 14.5 Å². The fraction of sp³-hybridized carbons (Fsp3) is 0.0952. The van der Waals surface area contributed by atoms with Crippen LogP contribution in [-0.4, -0.2) is 14.5 Å². The smallest absolute Gasteiger partial charge is 0.227 e. The molecule has 26 heavy (non-hydrogen) atoms. The molecule has 0 atom stereocenters. The van der Waals surface area contributed by atoms with Gasteiger partial charge in [-0.05, 0) is 24.6 Å². The van der Waals surface area contributed by atoms with E-state index in [1.165, 1.54) is 0 Å². The summed E-state index contributed by atoms with van der Waals surface area (Å²) < 4.78 is 10.2. The number of hydrogen-bond donors (Lipinski definition) is 0. The number of aromatic nitrogens is 4. The molecule has 5 heteroatoms. The molecule has 0 radical (unpaired) electrons. The molecular weight excluding hydrogens is 324 g/mol. The molecule has 4 heterocycles. The van der Waals surface area contributed by atoms with Crippen LogP contribution in [0.1, 0.15) is 5.56 Å². The van der Waals surface area contributed by atoms with Crippen molar-refractivity contribution >= 4 is 22.1 Å². The lowest BCUT2D eigenvalue weighted by atomic mass is 10.0. The van der Waals surface area contributed by atoms with E-state index < -0.39 is 0 Å². The molecule has 0 spiro atoms. The topological polar surface area (TPSA) is 47.7 Å². The third-order valence-corrected chi connectivity index (χ3v) is 4.68. The maximum atomic E-state index is 6.17. The highest BCUT2D eigenvalue weighted by Crippen LogP contribution is 2.36. The second kappa shape index (κ2) is 5.52. The normalized spacial score (nSPS) is 11.5. The average Bonchev–Trinajstić information content (AvgIpc) is 3.23. The highest BCUT2D eigenvalue weighted by Gasteiger charge is 2.20. The first kappa shape index (κ1) is 14.8. The molecular formula is C21H16N4O. The number of nitrogens with zero attached hydrogens (tertiary/aromatic N) is 4. The Morgan fingerprint density at radius 3 is 2.81 bits per heavy atom. The Morgan fingerprint density at radius 2 is 1.96 bits per heavy atom. The van der Waals surface area contributed by atoms with Crippen molar-refractivity contribution < 1.29 is 8.98 Å². The lowest BCUT2D eigenvalue weighted by Gasteiger charge is -2.13. The van der Waals surface area contributed by atoms with Crippen LogP contribution in [-0.2, 0) is 7.05 Å². The average molecular weight is 340 g/mol. The van der Waals surface area contributed by atoms with E-state index >= 15 is 0 Å². The predicted octanol–water partition coefficient (Wildman–Crippen LogP) is 3.77. The van der Waals surface area contributed by atoms with Gasteiger partial charge in [-0.25, -0.2) is 4.98 Å².